The number of fused-ring (bicyclic) bond motifs is 1. The number of carbonyl (C=O) groups is 1. The molecule has 3 aromatic rings. The summed E-state index contributed by atoms with van der Waals surface area (Å²) < 4.78 is 1.52. The first-order valence-corrected chi connectivity index (χ1v) is 10.9. The highest BCUT2D eigenvalue weighted by atomic mass is 16.2. The largest absolute Gasteiger partial charge is 0.370 e. The van der Waals surface area contributed by atoms with Crippen LogP contribution in [0.3, 0.4) is 0 Å². The summed E-state index contributed by atoms with van der Waals surface area (Å²) in [7, 11) is 0. The van der Waals surface area contributed by atoms with Gasteiger partial charge >= 0.3 is 5.69 Å². The fourth-order valence-corrected chi connectivity index (χ4v) is 4.29. The Labute approximate surface area is 178 Å². The van der Waals surface area contributed by atoms with E-state index in [9.17, 15) is 14.4 Å². The summed E-state index contributed by atoms with van der Waals surface area (Å²) in [6, 6.07) is 9.38. The second-order valence-corrected chi connectivity index (χ2v) is 8.33. The molecule has 0 spiro atoms. The Hall–Kier alpha value is -3.42. The molecule has 1 aliphatic heterocycles. The minimum Gasteiger partial charge on any atom is -0.370 e. The molecule has 0 atom stereocenters. The van der Waals surface area contributed by atoms with Gasteiger partial charge in [-0.05, 0) is 43.9 Å². The molecule has 1 saturated heterocycles. The first-order chi connectivity index (χ1) is 15.1. The number of hydrogen-bond acceptors (Lipinski definition) is 5. The van der Waals surface area contributed by atoms with Crippen LogP contribution in [0.1, 0.15) is 54.9 Å². The molecule has 1 aliphatic carbocycles. The zero-order chi connectivity index (χ0) is 21.4. The van der Waals surface area contributed by atoms with Gasteiger partial charge in [-0.25, -0.2) is 9.78 Å². The van der Waals surface area contributed by atoms with E-state index in [2.05, 4.69) is 20.2 Å². The summed E-state index contributed by atoms with van der Waals surface area (Å²) in [5.74, 6) is -0.333. The first kappa shape index (κ1) is 19.5. The molecule has 0 radical (unpaired) electrons. The van der Waals surface area contributed by atoms with Gasteiger partial charge in [0.05, 0.1) is 22.3 Å². The van der Waals surface area contributed by atoms with Crippen molar-refractivity contribution in [3.63, 3.8) is 0 Å². The highest BCUT2D eigenvalue weighted by Gasteiger charge is 2.28. The van der Waals surface area contributed by atoms with Gasteiger partial charge in [0.1, 0.15) is 5.65 Å². The summed E-state index contributed by atoms with van der Waals surface area (Å²) in [5.41, 5.74) is 1.39. The molecule has 8 nitrogen and oxygen atoms in total. The molecule has 0 bridgehead atoms. The third-order valence-corrected chi connectivity index (χ3v) is 6.05. The topological polar surface area (TPSA) is 100 Å². The normalized spacial score (nSPS) is 16.8. The Balaban J connectivity index is 1.46. The van der Waals surface area contributed by atoms with Crippen molar-refractivity contribution < 1.29 is 4.79 Å². The Morgan fingerprint density at radius 2 is 1.81 bits per heavy atom. The van der Waals surface area contributed by atoms with E-state index in [1.807, 2.05) is 24.3 Å². The zero-order valence-corrected chi connectivity index (χ0v) is 17.3. The fourth-order valence-electron chi connectivity index (χ4n) is 4.29. The monoisotopic (exact) mass is 419 g/mol. The van der Waals surface area contributed by atoms with E-state index in [1.54, 1.807) is 0 Å². The van der Waals surface area contributed by atoms with Gasteiger partial charge in [0.15, 0.2) is 0 Å². The predicted octanol–water partition coefficient (Wildman–Crippen LogP) is 3.05. The molecule has 2 N–H and O–H groups in total. The predicted molar refractivity (Wildman–Crippen MR) is 120 cm³/mol. The Bertz CT molecular complexity index is 1250. The third-order valence-electron chi connectivity index (χ3n) is 6.05. The fraction of sp³-hybridized carbons (Fsp3) is 0.391. The number of pyridine rings is 1. The maximum atomic E-state index is 13.0. The number of aromatic amines is 1. The van der Waals surface area contributed by atoms with E-state index in [0.717, 1.165) is 50.1 Å². The minimum absolute atomic E-state index is 0.0690. The van der Waals surface area contributed by atoms with Crippen molar-refractivity contribution in [3.8, 4) is 0 Å². The van der Waals surface area contributed by atoms with Crippen LogP contribution in [0.4, 0.5) is 11.4 Å². The quantitative estimate of drug-likeness (QED) is 0.677. The van der Waals surface area contributed by atoms with Gasteiger partial charge < -0.3 is 10.2 Å². The van der Waals surface area contributed by atoms with Gasteiger partial charge in [0.25, 0.3) is 11.5 Å². The van der Waals surface area contributed by atoms with Crippen molar-refractivity contribution in [2.75, 3.05) is 23.3 Å². The van der Waals surface area contributed by atoms with Gasteiger partial charge in [-0.1, -0.05) is 25.0 Å². The molecule has 1 aromatic carbocycles. The van der Waals surface area contributed by atoms with Gasteiger partial charge in [-0.15, -0.1) is 0 Å². The second-order valence-electron chi connectivity index (χ2n) is 8.33. The number of anilines is 2. The third kappa shape index (κ3) is 3.85. The molecule has 5 rings (SSSR count). The molecule has 160 valence electrons. The Kier molecular flexibility index (Phi) is 5.05. The van der Waals surface area contributed by atoms with Gasteiger partial charge in [-0.2, -0.15) is 0 Å². The Morgan fingerprint density at radius 3 is 2.55 bits per heavy atom. The lowest BCUT2D eigenvalue weighted by atomic mass is 10.2. The number of carbonyl (C=O) groups excluding carboxylic acids is 1. The van der Waals surface area contributed by atoms with Crippen LogP contribution in [-0.4, -0.2) is 33.5 Å². The maximum absolute atomic E-state index is 13.0. The average molecular weight is 419 g/mol. The maximum Gasteiger partial charge on any atom is 0.330 e. The minimum atomic E-state index is -0.524. The summed E-state index contributed by atoms with van der Waals surface area (Å²) in [6.07, 6.45) is 7.95. The summed E-state index contributed by atoms with van der Waals surface area (Å²) in [6.45, 7) is 1.94. The molecule has 2 aromatic heterocycles. The molecule has 8 heteroatoms. The van der Waals surface area contributed by atoms with Crippen LogP contribution in [0.5, 0.6) is 0 Å². The molecule has 3 heterocycles. The molecule has 1 amide bonds. The molecular weight excluding hydrogens is 394 g/mol. The lowest BCUT2D eigenvalue weighted by Gasteiger charge is -2.25. The highest BCUT2D eigenvalue weighted by Crippen LogP contribution is 2.34. The first-order valence-electron chi connectivity index (χ1n) is 10.9. The van der Waals surface area contributed by atoms with Gasteiger partial charge in [0, 0.05) is 25.3 Å². The number of amides is 1. The van der Waals surface area contributed by atoms with Crippen LogP contribution < -0.4 is 21.5 Å². The molecule has 0 unspecified atom stereocenters. The van der Waals surface area contributed by atoms with Crippen molar-refractivity contribution in [2.45, 2.75) is 44.6 Å². The number of H-pyrrole nitrogens is 1. The van der Waals surface area contributed by atoms with E-state index in [1.165, 1.54) is 29.7 Å². The SMILES string of the molecule is O=C(Nc1ccccc1N1CCCCCC1)c1cnc2c(c1)c(=O)[nH]c(=O)n2C1CC1. The van der Waals surface area contributed by atoms with E-state index in [0.29, 0.717) is 5.65 Å². The van der Waals surface area contributed by atoms with Crippen molar-refractivity contribution in [3.05, 3.63) is 62.9 Å². The smallest absolute Gasteiger partial charge is 0.330 e. The molecular formula is C23H25N5O3. The number of aromatic nitrogens is 3. The number of nitrogens with zero attached hydrogens (tertiary/aromatic N) is 3. The number of para-hydroxylation sites is 2. The molecule has 1 saturated carbocycles. The number of benzene rings is 1. The summed E-state index contributed by atoms with van der Waals surface area (Å²) in [4.78, 5) is 46.6. The van der Waals surface area contributed by atoms with Crippen LogP contribution in [0.25, 0.3) is 11.0 Å². The van der Waals surface area contributed by atoms with E-state index in [-0.39, 0.29) is 22.9 Å². The zero-order valence-electron chi connectivity index (χ0n) is 17.3. The second kappa shape index (κ2) is 8.02. The van der Waals surface area contributed by atoms with Crippen LogP contribution in [0, 0.1) is 0 Å². The lowest BCUT2D eigenvalue weighted by Crippen LogP contribution is -2.30. The summed E-state index contributed by atoms with van der Waals surface area (Å²) in [5, 5.41) is 3.24. The van der Waals surface area contributed by atoms with Crippen molar-refractivity contribution >= 4 is 28.3 Å². The van der Waals surface area contributed by atoms with Gasteiger partial charge in [0.2, 0.25) is 0 Å². The van der Waals surface area contributed by atoms with Gasteiger partial charge in [-0.3, -0.25) is 19.1 Å². The van der Waals surface area contributed by atoms with Crippen molar-refractivity contribution in [1.82, 2.24) is 14.5 Å². The number of rotatable bonds is 4. The highest BCUT2D eigenvalue weighted by molar-refractivity contribution is 6.07. The van der Waals surface area contributed by atoms with E-state index < -0.39 is 11.2 Å². The van der Waals surface area contributed by atoms with Crippen LogP contribution >= 0.6 is 0 Å². The van der Waals surface area contributed by atoms with Crippen LogP contribution in [-0.2, 0) is 0 Å². The van der Waals surface area contributed by atoms with Crippen molar-refractivity contribution in [1.29, 1.82) is 0 Å². The molecule has 2 fully saturated rings. The van der Waals surface area contributed by atoms with Crippen LogP contribution in [0.2, 0.25) is 0 Å². The average Bonchev–Trinajstić information content (AvgIpc) is 3.61. The summed E-state index contributed by atoms with van der Waals surface area (Å²) >= 11 is 0. The van der Waals surface area contributed by atoms with E-state index >= 15 is 0 Å². The molecule has 2 aliphatic rings. The lowest BCUT2D eigenvalue weighted by molar-refractivity contribution is 0.102. The number of hydrogen-bond donors (Lipinski definition) is 2. The van der Waals surface area contributed by atoms with Crippen LogP contribution in [0.15, 0.2) is 46.1 Å². The Morgan fingerprint density at radius 1 is 1.06 bits per heavy atom. The van der Waals surface area contributed by atoms with Crippen molar-refractivity contribution in [2.24, 2.45) is 0 Å². The molecule has 31 heavy (non-hydrogen) atoms. The van der Waals surface area contributed by atoms with E-state index in [4.69, 9.17) is 0 Å². The standard InChI is InChI=1S/C23H25N5O3/c29-21(25-18-7-3-4-8-19(18)27-11-5-1-2-6-12-27)15-13-17-20(24-14-15)28(16-9-10-16)23(31)26-22(17)30/h3-4,7-8,13-14,16H,1-2,5-6,9-12H2,(H,25,29)(H,26,30,31). The number of nitrogens with one attached hydrogen (secondary N) is 2.